The second-order valence-corrected chi connectivity index (χ2v) is 9.72. The maximum atomic E-state index is 13.1. The van der Waals surface area contributed by atoms with Gasteiger partial charge in [-0.15, -0.1) is 0 Å². The van der Waals surface area contributed by atoms with Crippen molar-refractivity contribution in [3.63, 3.8) is 0 Å². The summed E-state index contributed by atoms with van der Waals surface area (Å²) in [4.78, 5) is 14.5. The zero-order valence-electron chi connectivity index (χ0n) is 18.1. The van der Waals surface area contributed by atoms with Gasteiger partial charge in [0, 0.05) is 24.2 Å². The van der Waals surface area contributed by atoms with Crippen LogP contribution in [0.2, 0.25) is 0 Å². The molecule has 0 unspecified atom stereocenters. The summed E-state index contributed by atoms with van der Waals surface area (Å²) in [5, 5.41) is 0. The van der Waals surface area contributed by atoms with Gasteiger partial charge in [-0.2, -0.15) is 0 Å². The van der Waals surface area contributed by atoms with Gasteiger partial charge in [-0.05, 0) is 67.1 Å². The molecule has 7 nitrogen and oxygen atoms in total. The van der Waals surface area contributed by atoms with E-state index < -0.39 is 16.1 Å². The number of carbonyl (C=O) groups excluding carboxylic acids is 1. The summed E-state index contributed by atoms with van der Waals surface area (Å²) in [6.45, 7) is 2.54. The molecule has 1 atom stereocenters. The number of fused-ring (bicyclic) bond motifs is 1. The Labute approximate surface area is 183 Å². The number of ether oxygens (including phenoxy) is 2. The van der Waals surface area contributed by atoms with Crippen LogP contribution in [0.15, 0.2) is 41.3 Å². The van der Waals surface area contributed by atoms with Gasteiger partial charge in [0.15, 0.2) is 11.5 Å². The van der Waals surface area contributed by atoms with Crippen molar-refractivity contribution in [3.8, 4) is 11.5 Å². The Hall–Kier alpha value is -2.58. The summed E-state index contributed by atoms with van der Waals surface area (Å²) in [6.07, 6.45) is 3.15. The summed E-state index contributed by atoms with van der Waals surface area (Å²) in [5.41, 5.74) is 2.53. The van der Waals surface area contributed by atoms with Crippen LogP contribution >= 0.6 is 0 Å². The Morgan fingerprint density at radius 3 is 2.52 bits per heavy atom. The maximum absolute atomic E-state index is 13.1. The fraction of sp³-hybridized carbons (Fsp3) is 0.435. The summed E-state index contributed by atoms with van der Waals surface area (Å²) < 4.78 is 39.7. The van der Waals surface area contributed by atoms with Crippen molar-refractivity contribution in [3.05, 3.63) is 47.5 Å². The normalized spacial score (nSPS) is 16.7. The van der Waals surface area contributed by atoms with E-state index in [1.165, 1.54) is 0 Å². The van der Waals surface area contributed by atoms with Gasteiger partial charge in [0.25, 0.3) is 0 Å². The monoisotopic (exact) mass is 444 g/mol. The van der Waals surface area contributed by atoms with E-state index in [2.05, 4.69) is 4.72 Å². The minimum atomic E-state index is -3.74. The van der Waals surface area contributed by atoms with Crippen LogP contribution in [0.25, 0.3) is 0 Å². The van der Waals surface area contributed by atoms with E-state index in [0.717, 1.165) is 29.7 Å². The molecule has 1 fully saturated rings. The highest BCUT2D eigenvalue weighted by atomic mass is 32.2. The number of amides is 1. The molecular weight excluding hydrogens is 416 g/mol. The number of hydrogen-bond donors (Lipinski definition) is 1. The van der Waals surface area contributed by atoms with Crippen LogP contribution in [-0.2, 0) is 21.2 Å². The molecule has 1 saturated carbocycles. The molecule has 4 rings (SSSR count). The number of hydrogen-bond acceptors (Lipinski definition) is 5. The molecule has 31 heavy (non-hydrogen) atoms. The Bertz CT molecular complexity index is 1100. The third-order valence-electron chi connectivity index (χ3n) is 5.97. The summed E-state index contributed by atoms with van der Waals surface area (Å²) >= 11 is 0. The molecule has 1 aliphatic carbocycles. The predicted molar refractivity (Wildman–Crippen MR) is 118 cm³/mol. The van der Waals surface area contributed by atoms with Crippen molar-refractivity contribution in [2.45, 2.75) is 43.5 Å². The Morgan fingerprint density at radius 1 is 1.13 bits per heavy atom. The van der Waals surface area contributed by atoms with Crippen molar-refractivity contribution in [1.29, 1.82) is 0 Å². The number of carbonyl (C=O) groups is 1. The van der Waals surface area contributed by atoms with E-state index in [9.17, 15) is 13.2 Å². The second kappa shape index (κ2) is 8.51. The molecule has 0 radical (unpaired) electrons. The molecule has 0 aromatic heterocycles. The van der Waals surface area contributed by atoms with Crippen LogP contribution in [0.5, 0.6) is 11.5 Å². The van der Waals surface area contributed by atoms with E-state index in [-0.39, 0.29) is 16.7 Å². The lowest BCUT2D eigenvalue weighted by Gasteiger charge is -2.20. The van der Waals surface area contributed by atoms with Gasteiger partial charge < -0.3 is 14.4 Å². The second-order valence-electron chi connectivity index (χ2n) is 8.00. The van der Waals surface area contributed by atoms with E-state index >= 15 is 0 Å². The molecule has 1 heterocycles. The van der Waals surface area contributed by atoms with Gasteiger partial charge >= 0.3 is 0 Å². The largest absolute Gasteiger partial charge is 0.493 e. The quantitative estimate of drug-likeness (QED) is 0.674. The number of nitrogens with zero attached hydrogens (tertiary/aromatic N) is 1. The average Bonchev–Trinajstić information content (AvgIpc) is 3.55. The first-order chi connectivity index (χ1) is 14.9. The fourth-order valence-corrected chi connectivity index (χ4v) is 5.39. The summed E-state index contributed by atoms with van der Waals surface area (Å²) in [7, 11) is -0.633. The molecule has 166 valence electrons. The smallest absolute Gasteiger partial charge is 0.241 e. The van der Waals surface area contributed by atoms with E-state index in [4.69, 9.17) is 9.47 Å². The molecule has 0 saturated heterocycles. The molecule has 2 aliphatic rings. The Kier molecular flexibility index (Phi) is 5.94. The van der Waals surface area contributed by atoms with Gasteiger partial charge in [-0.25, -0.2) is 13.1 Å². The maximum Gasteiger partial charge on any atom is 0.241 e. The predicted octanol–water partition coefficient (Wildman–Crippen LogP) is 3.43. The number of rotatable bonds is 8. The van der Waals surface area contributed by atoms with Crippen LogP contribution < -0.4 is 19.1 Å². The first-order valence-electron chi connectivity index (χ1n) is 10.6. The van der Waals surface area contributed by atoms with Crippen molar-refractivity contribution < 1.29 is 22.7 Å². The minimum Gasteiger partial charge on any atom is -0.493 e. The third kappa shape index (κ3) is 4.27. The first kappa shape index (κ1) is 21.6. The molecule has 2 aromatic carbocycles. The topological polar surface area (TPSA) is 84.9 Å². The standard InChI is InChI=1S/C23H28N2O5S/c1-4-19(16-7-10-21(29-2)22(14-16)30-3)24-31(27,28)18-8-9-20-17(13-18)11-12-25(20)23(26)15-5-6-15/h7-10,13-15,19,24H,4-6,11-12H2,1-3H3/t19-/m0/s1. The number of benzene rings is 2. The third-order valence-corrected chi connectivity index (χ3v) is 7.43. The zero-order valence-corrected chi connectivity index (χ0v) is 18.9. The Morgan fingerprint density at radius 2 is 1.87 bits per heavy atom. The van der Waals surface area contributed by atoms with Crippen LogP contribution in [-0.4, -0.2) is 35.1 Å². The van der Waals surface area contributed by atoms with Crippen molar-refractivity contribution in [2.75, 3.05) is 25.7 Å². The zero-order chi connectivity index (χ0) is 22.2. The van der Waals surface area contributed by atoms with E-state index in [1.54, 1.807) is 49.5 Å². The van der Waals surface area contributed by atoms with Gasteiger partial charge in [-0.1, -0.05) is 13.0 Å². The highest BCUT2D eigenvalue weighted by Crippen LogP contribution is 2.37. The van der Waals surface area contributed by atoms with Gasteiger partial charge in [0.05, 0.1) is 19.1 Å². The van der Waals surface area contributed by atoms with E-state index in [0.29, 0.717) is 30.9 Å². The van der Waals surface area contributed by atoms with Crippen LogP contribution in [0, 0.1) is 5.92 Å². The Balaban J connectivity index is 1.56. The van der Waals surface area contributed by atoms with Crippen molar-refractivity contribution in [2.24, 2.45) is 5.92 Å². The molecule has 1 aliphatic heterocycles. The highest BCUT2D eigenvalue weighted by molar-refractivity contribution is 7.89. The van der Waals surface area contributed by atoms with Gasteiger partial charge in [0.2, 0.25) is 15.9 Å². The molecule has 2 aromatic rings. The van der Waals surface area contributed by atoms with Gasteiger partial charge in [0.1, 0.15) is 0 Å². The number of methoxy groups -OCH3 is 2. The minimum absolute atomic E-state index is 0.142. The number of nitrogens with one attached hydrogen (secondary N) is 1. The van der Waals surface area contributed by atoms with Crippen LogP contribution in [0.3, 0.4) is 0 Å². The first-order valence-corrected chi connectivity index (χ1v) is 12.0. The van der Waals surface area contributed by atoms with Gasteiger partial charge in [-0.3, -0.25) is 4.79 Å². The van der Waals surface area contributed by atoms with Crippen molar-refractivity contribution in [1.82, 2.24) is 4.72 Å². The van der Waals surface area contributed by atoms with Crippen molar-refractivity contribution >= 4 is 21.6 Å². The summed E-state index contributed by atoms with van der Waals surface area (Å²) in [5.74, 6) is 1.44. The fourth-order valence-electron chi connectivity index (χ4n) is 4.04. The van der Waals surface area contributed by atoms with Crippen LogP contribution in [0.1, 0.15) is 43.4 Å². The lowest BCUT2D eigenvalue weighted by molar-refractivity contribution is -0.119. The summed E-state index contributed by atoms with van der Waals surface area (Å²) in [6, 6.07) is 10.0. The molecule has 0 bridgehead atoms. The lowest BCUT2D eigenvalue weighted by atomic mass is 10.1. The highest BCUT2D eigenvalue weighted by Gasteiger charge is 2.36. The molecule has 8 heteroatoms. The number of sulfonamides is 1. The molecule has 1 N–H and O–H groups in total. The SMILES string of the molecule is CC[C@H](NS(=O)(=O)c1ccc2c(c1)CCN2C(=O)C1CC1)c1ccc(OC)c(OC)c1. The number of anilines is 1. The lowest BCUT2D eigenvalue weighted by Crippen LogP contribution is -2.30. The average molecular weight is 445 g/mol. The van der Waals surface area contributed by atoms with E-state index in [1.807, 2.05) is 13.0 Å². The molecule has 0 spiro atoms. The van der Waals surface area contributed by atoms with Crippen LogP contribution in [0.4, 0.5) is 5.69 Å². The molecular formula is C23H28N2O5S. The molecule has 1 amide bonds.